The number of carbonyl (C=O) groups is 2. The number of carbonyl (C=O) groups excluding carboxylic acids is 2. The highest BCUT2D eigenvalue weighted by atomic mass is 35.5. The van der Waals surface area contributed by atoms with Gasteiger partial charge in [-0.2, -0.15) is 0 Å². The highest BCUT2D eigenvalue weighted by Crippen LogP contribution is 2.33. The number of hydrogen-bond donors (Lipinski definition) is 1. The molecule has 4 aromatic rings. The summed E-state index contributed by atoms with van der Waals surface area (Å²) in [5, 5.41) is 3.62. The molecule has 0 fully saturated rings. The molecular formula is C36H39Cl2N3O5S. The van der Waals surface area contributed by atoms with Crippen molar-refractivity contribution >= 4 is 50.7 Å². The van der Waals surface area contributed by atoms with Crippen LogP contribution in [-0.2, 0) is 32.6 Å². The number of unbranched alkanes of at least 4 members (excludes halogenated alkanes) is 1. The van der Waals surface area contributed by atoms with Crippen LogP contribution in [0.1, 0.15) is 37.8 Å². The lowest BCUT2D eigenvalue weighted by Gasteiger charge is -2.34. The maximum atomic E-state index is 14.6. The van der Waals surface area contributed by atoms with Crippen LogP contribution in [0.2, 0.25) is 10.0 Å². The molecule has 0 aliphatic carbocycles. The zero-order valence-electron chi connectivity index (χ0n) is 26.4. The van der Waals surface area contributed by atoms with Crippen LogP contribution in [0, 0.1) is 0 Å². The predicted molar refractivity (Wildman–Crippen MR) is 187 cm³/mol. The second-order valence-electron chi connectivity index (χ2n) is 10.8. The van der Waals surface area contributed by atoms with Gasteiger partial charge in [-0.25, -0.2) is 8.42 Å². The largest absolute Gasteiger partial charge is 0.492 e. The minimum atomic E-state index is -4.26. The van der Waals surface area contributed by atoms with Crippen LogP contribution in [0.15, 0.2) is 108 Å². The quantitative estimate of drug-likeness (QED) is 0.126. The first-order chi connectivity index (χ1) is 22.6. The number of para-hydroxylation sites is 2. The molecule has 0 spiro atoms. The average molecular weight is 697 g/mol. The van der Waals surface area contributed by atoms with Crippen LogP contribution in [0.3, 0.4) is 0 Å². The van der Waals surface area contributed by atoms with Gasteiger partial charge in [0.05, 0.1) is 27.2 Å². The summed E-state index contributed by atoms with van der Waals surface area (Å²) < 4.78 is 35.3. The standard InChI is InChI=1S/C36H39Cl2N3O5S/c1-3-5-22-39-36(43)33(24-27-14-8-6-9-15-27)40(25-28-20-21-30(37)31(38)23-28)35(42)26-41(32-18-12-13-19-34(32)46-4-2)47(44,45)29-16-10-7-11-17-29/h6-21,23,33H,3-5,22,24-26H2,1-2H3,(H,39,43)/t33-/m1/s1. The first kappa shape index (κ1) is 35.8. The number of sulfonamides is 1. The molecule has 0 aromatic heterocycles. The second kappa shape index (κ2) is 17.2. The Morgan fingerprint density at radius 3 is 2.15 bits per heavy atom. The van der Waals surface area contributed by atoms with E-state index in [4.69, 9.17) is 27.9 Å². The van der Waals surface area contributed by atoms with Gasteiger partial charge in [-0.1, -0.05) is 103 Å². The summed E-state index contributed by atoms with van der Waals surface area (Å²) in [7, 11) is -4.26. The minimum Gasteiger partial charge on any atom is -0.492 e. The molecule has 0 unspecified atom stereocenters. The van der Waals surface area contributed by atoms with Gasteiger partial charge < -0.3 is 15.0 Å². The van der Waals surface area contributed by atoms with E-state index < -0.39 is 28.5 Å². The summed E-state index contributed by atoms with van der Waals surface area (Å²) >= 11 is 12.6. The van der Waals surface area contributed by atoms with Crippen LogP contribution in [-0.4, -0.2) is 50.9 Å². The Hall–Kier alpha value is -4.05. The summed E-state index contributed by atoms with van der Waals surface area (Å²) in [6.45, 7) is 3.91. The van der Waals surface area contributed by atoms with Crippen molar-refractivity contribution in [1.29, 1.82) is 0 Å². The molecule has 47 heavy (non-hydrogen) atoms. The first-order valence-electron chi connectivity index (χ1n) is 15.5. The lowest BCUT2D eigenvalue weighted by Crippen LogP contribution is -2.53. The Morgan fingerprint density at radius 2 is 1.49 bits per heavy atom. The van der Waals surface area contributed by atoms with Crippen molar-refractivity contribution in [3.05, 3.63) is 124 Å². The van der Waals surface area contributed by atoms with Crippen molar-refractivity contribution in [2.45, 2.75) is 50.6 Å². The fraction of sp³-hybridized carbons (Fsp3) is 0.278. The van der Waals surface area contributed by atoms with Crippen LogP contribution >= 0.6 is 23.2 Å². The monoisotopic (exact) mass is 695 g/mol. The Balaban J connectivity index is 1.83. The number of amides is 2. The van der Waals surface area contributed by atoms with Crippen molar-refractivity contribution in [2.24, 2.45) is 0 Å². The highest BCUT2D eigenvalue weighted by Gasteiger charge is 2.35. The zero-order valence-corrected chi connectivity index (χ0v) is 28.8. The molecule has 4 aromatic carbocycles. The van der Waals surface area contributed by atoms with E-state index in [0.29, 0.717) is 27.9 Å². The second-order valence-corrected chi connectivity index (χ2v) is 13.5. The molecule has 1 atom stereocenters. The molecule has 2 amide bonds. The lowest BCUT2D eigenvalue weighted by molar-refractivity contribution is -0.140. The third kappa shape index (κ3) is 9.50. The molecule has 1 N–H and O–H groups in total. The van der Waals surface area contributed by atoms with E-state index in [1.807, 2.05) is 37.3 Å². The van der Waals surface area contributed by atoms with Crippen LogP contribution in [0.25, 0.3) is 0 Å². The molecule has 248 valence electrons. The molecule has 0 saturated heterocycles. The normalized spacial score (nSPS) is 11.8. The van der Waals surface area contributed by atoms with Crippen LogP contribution in [0.4, 0.5) is 5.69 Å². The molecule has 0 bridgehead atoms. The Kier molecular flexibility index (Phi) is 13.1. The van der Waals surface area contributed by atoms with Gasteiger partial charge in [-0.3, -0.25) is 13.9 Å². The minimum absolute atomic E-state index is 0.00767. The Morgan fingerprint density at radius 1 is 0.830 bits per heavy atom. The molecule has 4 rings (SSSR count). The average Bonchev–Trinajstić information content (AvgIpc) is 3.08. The molecule has 0 aliphatic rings. The van der Waals surface area contributed by atoms with Gasteiger partial charge in [-0.15, -0.1) is 0 Å². The number of halogens is 2. The number of nitrogens with one attached hydrogen (secondary N) is 1. The maximum absolute atomic E-state index is 14.6. The van der Waals surface area contributed by atoms with Gasteiger partial charge in [0.1, 0.15) is 18.3 Å². The fourth-order valence-electron chi connectivity index (χ4n) is 5.07. The molecule has 11 heteroatoms. The van der Waals surface area contributed by atoms with Crippen molar-refractivity contribution in [1.82, 2.24) is 10.2 Å². The molecule has 0 aliphatic heterocycles. The molecule has 0 heterocycles. The summed E-state index contributed by atoms with van der Waals surface area (Å²) in [6, 6.07) is 28.0. The van der Waals surface area contributed by atoms with E-state index in [1.54, 1.807) is 67.6 Å². The summed E-state index contributed by atoms with van der Waals surface area (Å²) in [5.74, 6) is -0.632. The van der Waals surface area contributed by atoms with Crippen molar-refractivity contribution in [2.75, 3.05) is 24.0 Å². The van der Waals surface area contributed by atoms with E-state index in [-0.39, 0.29) is 36.1 Å². The maximum Gasteiger partial charge on any atom is 0.264 e. The van der Waals surface area contributed by atoms with Gasteiger partial charge in [0.15, 0.2) is 0 Å². The summed E-state index contributed by atoms with van der Waals surface area (Å²) in [6.07, 6.45) is 1.84. The number of ether oxygens (including phenoxy) is 1. The van der Waals surface area contributed by atoms with Crippen molar-refractivity contribution in [3.8, 4) is 5.75 Å². The van der Waals surface area contributed by atoms with Crippen LogP contribution in [0.5, 0.6) is 5.75 Å². The Labute approximate surface area is 287 Å². The zero-order chi connectivity index (χ0) is 33.8. The smallest absolute Gasteiger partial charge is 0.264 e. The van der Waals surface area contributed by atoms with E-state index in [1.165, 1.54) is 17.0 Å². The van der Waals surface area contributed by atoms with Gasteiger partial charge in [0, 0.05) is 19.5 Å². The van der Waals surface area contributed by atoms with Crippen LogP contribution < -0.4 is 14.4 Å². The summed E-state index contributed by atoms with van der Waals surface area (Å²) in [4.78, 5) is 30.0. The topological polar surface area (TPSA) is 96.0 Å². The van der Waals surface area contributed by atoms with Gasteiger partial charge in [0.25, 0.3) is 10.0 Å². The SMILES string of the molecule is CCCCNC(=O)[C@@H](Cc1ccccc1)N(Cc1ccc(Cl)c(Cl)c1)C(=O)CN(c1ccccc1OCC)S(=O)(=O)c1ccccc1. The lowest BCUT2D eigenvalue weighted by atomic mass is 10.0. The fourth-order valence-corrected chi connectivity index (χ4v) is 6.84. The number of rotatable bonds is 16. The molecule has 8 nitrogen and oxygen atoms in total. The molecule has 0 saturated carbocycles. The molecular weight excluding hydrogens is 657 g/mol. The van der Waals surface area contributed by atoms with Gasteiger partial charge >= 0.3 is 0 Å². The summed E-state index contributed by atoms with van der Waals surface area (Å²) in [5.41, 5.74) is 1.66. The van der Waals surface area contributed by atoms with Crippen molar-refractivity contribution < 1.29 is 22.7 Å². The first-order valence-corrected chi connectivity index (χ1v) is 17.7. The number of benzene rings is 4. The third-order valence-electron chi connectivity index (χ3n) is 7.48. The van der Waals surface area contributed by atoms with E-state index in [0.717, 1.165) is 22.7 Å². The Bertz CT molecular complexity index is 1740. The number of nitrogens with zero attached hydrogens (tertiary/aromatic N) is 2. The highest BCUT2D eigenvalue weighted by molar-refractivity contribution is 7.92. The van der Waals surface area contributed by atoms with Gasteiger partial charge in [0.2, 0.25) is 11.8 Å². The van der Waals surface area contributed by atoms with E-state index in [2.05, 4.69) is 5.32 Å². The van der Waals surface area contributed by atoms with E-state index in [9.17, 15) is 18.0 Å². The number of hydrogen-bond acceptors (Lipinski definition) is 5. The van der Waals surface area contributed by atoms with E-state index >= 15 is 0 Å². The van der Waals surface area contributed by atoms with Gasteiger partial charge in [-0.05, 0) is 60.9 Å². The predicted octanol–water partition coefficient (Wildman–Crippen LogP) is 7.14. The molecule has 0 radical (unpaired) electrons. The third-order valence-corrected chi connectivity index (χ3v) is 9.99. The number of anilines is 1. The van der Waals surface area contributed by atoms with Crippen molar-refractivity contribution in [3.63, 3.8) is 0 Å².